The summed E-state index contributed by atoms with van der Waals surface area (Å²) in [7, 11) is 3.18. The summed E-state index contributed by atoms with van der Waals surface area (Å²) in [5.74, 6) is 0.166. The highest BCUT2D eigenvalue weighted by Gasteiger charge is 2.17. The SMILES string of the molecule is COc1ccc(C(=O)N(C)Cc2cscn2)c(O)c1. The van der Waals surface area contributed by atoms with Crippen LogP contribution in [-0.4, -0.2) is 35.1 Å². The van der Waals surface area contributed by atoms with Crippen molar-refractivity contribution >= 4 is 17.2 Å². The Morgan fingerprint density at radius 1 is 1.53 bits per heavy atom. The molecule has 1 heterocycles. The van der Waals surface area contributed by atoms with E-state index in [1.54, 1.807) is 24.7 Å². The van der Waals surface area contributed by atoms with Gasteiger partial charge in [-0.1, -0.05) is 0 Å². The van der Waals surface area contributed by atoms with Crippen LogP contribution in [0.25, 0.3) is 0 Å². The Hall–Kier alpha value is -2.08. The Balaban J connectivity index is 2.14. The molecule has 0 fully saturated rings. The molecule has 2 rings (SSSR count). The molecule has 1 aromatic carbocycles. The standard InChI is InChI=1S/C13H14N2O3S/c1-15(6-9-7-19-8-14-9)13(17)11-4-3-10(18-2)5-12(11)16/h3-5,7-8,16H,6H2,1-2H3. The predicted octanol–water partition coefficient (Wildman–Crippen LogP) is 2.13. The summed E-state index contributed by atoms with van der Waals surface area (Å²) in [4.78, 5) is 17.8. The molecule has 0 bridgehead atoms. The smallest absolute Gasteiger partial charge is 0.257 e. The number of carbonyl (C=O) groups excluding carboxylic acids is 1. The van der Waals surface area contributed by atoms with Gasteiger partial charge in [0.25, 0.3) is 5.91 Å². The number of phenols is 1. The second kappa shape index (κ2) is 5.71. The van der Waals surface area contributed by atoms with Crippen LogP contribution in [0.1, 0.15) is 16.1 Å². The van der Waals surface area contributed by atoms with Crippen molar-refractivity contribution < 1.29 is 14.6 Å². The van der Waals surface area contributed by atoms with E-state index in [4.69, 9.17) is 4.74 Å². The predicted molar refractivity (Wildman–Crippen MR) is 72.6 cm³/mol. The fourth-order valence-electron chi connectivity index (χ4n) is 1.66. The molecule has 0 aliphatic rings. The van der Waals surface area contributed by atoms with E-state index in [9.17, 15) is 9.90 Å². The number of rotatable bonds is 4. The van der Waals surface area contributed by atoms with Crippen molar-refractivity contribution in [3.05, 3.63) is 40.3 Å². The largest absolute Gasteiger partial charge is 0.507 e. The quantitative estimate of drug-likeness (QED) is 0.930. The fraction of sp³-hybridized carbons (Fsp3) is 0.231. The third-order valence-electron chi connectivity index (χ3n) is 2.66. The van der Waals surface area contributed by atoms with E-state index in [0.717, 1.165) is 5.69 Å². The zero-order chi connectivity index (χ0) is 13.8. The number of aromatic hydroxyl groups is 1. The molecule has 1 amide bonds. The van der Waals surface area contributed by atoms with E-state index in [1.165, 1.54) is 29.4 Å². The van der Waals surface area contributed by atoms with E-state index in [1.807, 2.05) is 5.38 Å². The number of amides is 1. The highest BCUT2D eigenvalue weighted by molar-refractivity contribution is 7.07. The molecule has 0 unspecified atom stereocenters. The zero-order valence-electron chi connectivity index (χ0n) is 10.7. The lowest BCUT2D eigenvalue weighted by Gasteiger charge is -2.16. The van der Waals surface area contributed by atoms with Gasteiger partial charge in [0.05, 0.1) is 30.4 Å². The first-order valence-corrected chi connectivity index (χ1v) is 6.55. The first-order valence-electron chi connectivity index (χ1n) is 5.61. The summed E-state index contributed by atoms with van der Waals surface area (Å²) >= 11 is 1.48. The highest BCUT2D eigenvalue weighted by atomic mass is 32.1. The summed E-state index contributed by atoms with van der Waals surface area (Å²) in [6, 6.07) is 4.61. The number of methoxy groups -OCH3 is 1. The second-order valence-corrected chi connectivity index (χ2v) is 4.74. The molecular formula is C13H14N2O3S. The Morgan fingerprint density at radius 2 is 2.32 bits per heavy atom. The topological polar surface area (TPSA) is 62.7 Å². The van der Waals surface area contributed by atoms with Gasteiger partial charge in [-0.05, 0) is 12.1 Å². The number of thiazole rings is 1. The van der Waals surface area contributed by atoms with Gasteiger partial charge in [0, 0.05) is 18.5 Å². The van der Waals surface area contributed by atoms with Crippen molar-refractivity contribution in [1.82, 2.24) is 9.88 Å². The van der Waals surface area contributed by atoms with Crippen molar-refractivity contribution in [2.75, 3.05) is 14.2 Å². The number of hydrogen-bond acceptors (Lipinski definition) is 5. The number of nitrogens with zero attached hydrogens (tertiary/aromatic N) is 2. The van der Waals surface area contributed by atoms with Gasteiger partial charge in [-0.25, -0.2) is 4.98 Å². The molecule has 1 aromatic heterocycles. The second-order valence-electron chi connectivity index (χ2n) is 4.02. The maximum absolute atomic E-state index is 12.2. The lowest BCUT2D eigenvalue weighted by molar-refractivity contribution is 0.0780. The number of hydrogen-bond donors (Lipinski definition) is 1. The molecule has 6 heteroatoms. The van der Waals surface area contributed by atoms with Gasteiger partial charge in [-0.2, -0.15) is 0 Å². The van der Waals surface area contributed by atoms with Gasteiger partial charge < -0.3 is 14.7 Å². The van der Waals surface area contributed by atoms with E-state index in [0.29, 0.717) is 12.3 Å². The number of carbonyl (C=O) groups is 1. The molecule has 0 radical (unpaired) electrons. The van der Waals surface area contributed by atoms with Crippen LogP contribution in [-0.2, 0) is 6.54 Å². The molecule has 5 nitrogen and oxygen atoms in total. The zero-order valence-corrected chi connectivity index (χ0v) is 11.5. The summed E-state index contributed by atoms with van der Waals surface area (Å²) in [6.07, 6.45) is 0. The average Bonchev–Trinajstić information content (AvgIpc) is 2.90. The third-order valence-corrected chi connectivity index (χ3v) is 3.30. The maximum Gasteiger partial charge on any atom is 0.257 e. The van der Waals surface area contributed by atoms with Gasteiger partial charge in [0.15, 0.2) is 0 Å². The normalized spacial score (nSPS) is 10.2. The number of aromatic nitrogens is 1. The van der Waals surface area contributed by atoms with Crippen molar-refractivity contribution in [3.8, 4) is 11.5 Å². The molecule has 0 saturated heterocycles. The van der Waals surface area contributed by atoms with Crippen LogP contribution in [0.2, 0.25) is 0 Å². The van der Waals surface area contributed by atoms with Gasteiger partial charge in [-0.15, -0.1) is 11.3 Å². The summed E-state index contributed by atoms with van der Waals surface area (Å²) < 4.78 is 4.98. The van der Waals surface area contributed by atoms with E-state index < -0.39 is 0 Å². The maximum atomic E-state index is 12.2. The Kier molecular flexibility index (Phi) is 4.01. The van der Waals surface area contributed by atoms with Crippen LogP contribution in [0.15, 0.2) is 29.1 Å². The Bertz CT molecular complexity index is 569. The summed E-state index contributed by atoms with van der Waals surface area (Å²) in [5, 5.41) is 11.7. The first kappa shape index (κ1) is 13.4. The van der Waals surface area contributed by atoms with Crippen molar-refractivity contribution in [1.29, 1.82) is 0 Å². The molecule has 0 aliphatic carbocycles. The van der Waals surface area contributed by atoms with Gasteiger partial charge in [0.2, 0.25) is 0 Å². The molecule has 19 heavy (non-hydrogen) atoms. The summed E-state index contributed by atoms with van der Waals surface area (Å²) in [6.45, 7) is 0.411. The van der Waals surface area contributed by atoms with E-state index in [2.05, 4.69) is 4.98 Å². The molecule has 100 valence electrons. The van der Waals surface area contributed by atoms with E-state index >= 15 is 0 Å². The van der Waals surface area contributed by atoms with Crippen LogP contribution in [0.4, 0.5) is 0 Å². The van der Waals surface area contributed by atoms with Crippen LogP contribution < -0.4 is 4.74 Å². The molecular weight excluding hydrogens is 264 g/mol. The third kappa shape index (κ3) is 3.03. The molecule has 1 N–H and O–H groups in total. The highest BCUT2D eigenvalue weighted by Crippen LogP contribution is 2.24. The minimum atomic E-state index is -0.256. The van der Waals surface area contributed by atoms with Crippen LogP contribution in [0.3, 0.4) is 0 Å². The first-order chi connectivity index (χ1) is 9.11. The minimum absolute atomic E-state index is 0.0884. The monoisotopic (exact) mass is 278 g/mol. The lowest BCUT2D eigenvalue weighted by atomic mass is 10.1. The molecule has 2 aromatic rings. The summed E-state index contributed by atoms with van der Waals surface area (Å²) in [5.41, 5.74) is 2.80. The fourth-order valence-corrected chi connectivity index (χ4v) is 2.20. The number of ether oxygens (including phenoxy) is 1. The van der Waals surface area contributed by atoms with Gasteiger partial charge in [-0.3, -0.25) is 4.79 Å². The molecule has 0 saturated carbocycles. The van der Waals surface area contributed by atoms with Gasteiger partial charge in [0.1, 0.15) is 11.5 Å². The minimum Gasteiger partial charge on any atom is -0.507 e. The van der Waals surface area contributed by atoms with Crippen molar-refractivity contribution in [2.24, 2.45) is 0 Å². The van der Waals surface area contributed by atoms with Gasteiger partial charge >= 0.3 is 0 Å². The van der Waals surface area contributed by atoms with Crippen molar-refractivity contribution in [3.63, 3.8) is 0 Å². The number of benzene rings is 1. The molecule has 0 aliphatic heterocycles. The number of phenolic OH excluding ortho intramolecular Hbond substituents is 1. The van der Waals surface area contributed by atoms with Crippen LogP contribution in [0.5, 0.6) is 11.5 Å². The van der Waals surface area contributed by atoms with E-state index in [-0.39, 0.29) is 17.2 Å². The lowest BCUT2D eigenvalue weighted by Crippen LogP contribution is -2.26. The van der Waals surface area contributed by atoms with Crippen LogP contribution in [0, 0.1) is 0 Å². The molecule has 0 atom stereocenters. The molecule has 0 spiro atoms. The Labute approximate surface area is 115 Å². The average molecular weight is 278 g/mol. The Morgan fingerprint density at radius 3 is 2.89 bits per heavy atom. The van der Waals surface area contributed by atoms with Crippen molar-refractivity contribution in [2.45, 2.75) is 6.54 Å². The van der Waals surface area contributed by atoms with Crippen LogP contribution >= 0.6 is 11.3 Å².